The van der Waals surface area contributed by atoms with Crippen LogP contribution in [0.2, 0.25) is 0 Å². The van der Waals surface area contributed by atoms with Crippen LogP contribution in [0.15, 0.2) is 23.2 Å². The molecule has 0 aromatic heterocycles. The smallest absolute Gasteiger partial charge is 0.231 e. The molecule has 0 saturated heterocycles. The Bertz CT molecular complexity index is 672. The van der Waals surface area contributed by atoms with Gasteiger partial charge in [0.15, 0.2) is 17.5 Å². The molecule has 0 radical (unpaired) electrons. The van der Waals surface area contributed by atoms with E-state index in [0.29, 0.717) is 32.0 Å². The number of hydrogen-bond acceptors (Lipinski definition) is 4. The molecule has 1 aromatic carbocycles. The molecule has 0 unspecified atom stereocenters. The summed E-state index contributed by atoms with van der Waals surface area (Å²) in [4.78, 5) is 16.7. The van der Waals surface area contributed by atoms with Crippen molar-refractivity contribution in [3.8, 4) is 11.5 Å². The maximum atomic E-state index is 12.1. The van der Waals surface area contributed by atoms with Gasteiger partial charge in [0, 0.05) is 26.1 Å². The Hall–Kier alpha value is -2.44. The summed E-state index contributed by atoms with van der Waals surface area (Å²) in [5.41, 5.74) is 1.06. The molecule has 3 N–H and O–H groups in total. The molecule has 3 rings (SSSR count). The maximum Gasteiger partial charge on any atom is 0.231 e. The van der Waals surface area contributed by atoms with Gasteiger partial charge in [0.05, 0.1) is 6.54 Å². The monoisotopic (exact) mass is 388 g/mol. The molecule has 1 aliphatic carbocycles. The number of rotatable bonds is 8. The molecule has 1 heterocycles. The van der Waals surface area contributed by atoms with E-state index in [0.717, 1.165) is 29.6 Å². The summed E-state index contributed by atoms with van der Waals surface area (Å²) in [6, 6.07) is 5.86. The summed E-state index contributed by atoms with van der Waals surface area (Å²) in [5.74, 6) is 3.02. The minimum atomic E-state index is 0.163. The molecule has 0 bridgehead atoms. The number of ether oxygens (including phenoxy) is 2. The van der Waals surface area contributed by atoms with Crippen LogP contribution in [0, 0.1) is 5.92 Å². The van der Waals surface area contributed by atoms with Crippen molar-refractivity contribution < 1.29 is 14.3 Å². The van der Waals surface area contributed by atoms with Crippen LogP contribution < -0.4 is 25.4 Å². The highest BCUT2D eigenvalue weighted by molar-refractivity contribution is 5.80. The van der Waals surface area contributed by atoms with Gasteiger partial charge in [-0.05, 0) is 43.4 Å². The second-order valence-electron chi connectivity index (χ2n) is 7.37. The molecular formula is C21H32N4O3. The number of benzene rings is 1. The van der Waals surface area contributed by atoms with Crippen molar-refractivity contribution >= 4 is 11.9 Å². The van der Waals surface area contributed by atoms with Crippen LogP contribution in [0.25, 0.3) is 0 Å². The van der Waals surface area contributed by atoms with Gasteiger partial charge in [0.25, 0.3) is 0 Å². The summed E-state index contributed by atoms with van der Waals surface area (Å²) >= 11 is 0. The Labute approximate surface area is 167 Å². The first-order chi connectivity index (χ1) is 13.7. The van der Waals surface area contributed by atoms with E-state index < -0.39 is 0 Å². The van der Waals surface area contributed by atoms with E-state index in [1.54, 1.807) is 0 Å². The van der Waals surface area contributed by atoms with Gasteiger partial charge in [-0.3, -0.25) is 4.79 Å². The molecule has 0 spiro atoms. The van der Waals surface area contributed by atoms with Crippen LogP contribution >= 0.6 is 0 Å². The number of nitrogens with zero attached hydrogens (tertiary/aromatic N) is 1. The van der Waals surface area contributed by atoms with E-state index in [1.807, 2.05) is 25.1 Å². The summed E-state index contributed by atoms with van der Waals surface area (Å²) in [6.45, 7) is 4.87. The number of nitrogens with one attached hydrogen (secondary N) is 3. The van der Waals surface area contributed by atoms with Crippen molar-refractivity contribution in [2.75, 3.05) is 26.4 Å². The summed E-state index contributed by atoms with van der Waals surface area (Å²) in [5, 5.41) is 9.51. The number of hydrogen-bond donors (Lipinski definition) is 3. The highest BCUT2D eigenvalue weighted by Crippen LogP contribution is 2.32. The van der Waals surface area contributed by atoms with Crippen LogP contribution in [0.4, 0.5) is 0 Å². The fourth-order valence-corrected chi connectivity index (χ4v) is 3.66. The largest absolute Gasteiger partial charge is 0.454 e. The second kappa shape index (κ2) is 10.8. The molecule has 7 nitrogen and oxygen atoms in total. The molecule has 1 amide bonds. The normalized spacial score (nSPS) is 16.7. The third kappa shape index (κ3) is 6.32. The number of carbonyl (C=O) groups excluding carboxylic acids is 1. The highest BCUT2D eigenvalue weighted by Gasteiger charge is 2.16. The molecule has 1 aliphatic heterocycles. The average molecular weight is 389 g/mol. The van der Waals surface area contributed by atoms with Crippen LogP contribution in [0.3, 0.4) is 0 Å². The summed E-state index contributed by atoms with van der Waals surface area (Å²) < 4.78 is 10.7. The van der Waals surface area contributed by atoms with Gasteiger partial charge in [-0.25, -0.2) is 4.99 Å². The van der Waals surface area contributed by atoms with Gasteiger partial charge in [-0.15, -0.1) is 0 Å². The second-order valence-corrected chi connectivity index (χ2v) is 7.37. The Morgan fingerprint density at radius 3 is 2.68 bits per heavy atom. The lowest BCUT2D eigenvalue weighted by molar-refractivity contribution is -0.122. The number of carbonyl (C=O) groups is 1. The van der Waals surface area contributed by atoms with Gasteiger partial charge < -0.3 is 25.4 Å². The molecule has 1 fully saturated rings. The van der Waals surface area contributed by atoms with Crippen molar-refractivity contribution in [2.45, 2.75) is 52.0 Å². The fraction of sp³-hybridized carbons (Fsp3) is 0.619. The van der Waals surface area contributed by atoms with E-state index >= 15 is 0 Å². The third-order valence-corrected chi connectivity index (χ3v) is 5.14. The average Bonchev–Trinajstić information content (AvgIpc) is 3.18. The lowest BCUT2D eigenvalue weighted by Gasteiger charge is -2.20. The molecule has 1 aromatic rings. The zero-order chi connectivity index (χ0) is 19.6. The SMILES string of the molecule is CCNC(=NCc1ccc2c(c1)OCO2)NCCNC(=O)CC1CCCCC1. The lowest BCUT2D eigenvalue weighted by Crippen LogP contribution is -2.41. The summed E-state index contributed by atoms with van der Waals surface area (Å²) in [7, 11) is 0. The standard InChI is InChI=1S/C21H32N4O3/c1-2-22-21(25-14-17-8-9-18-19(12-17)28-15-27-18)24-11-10-23-20(26)13-16-6-4-3-5-7-16/h8-9,12,16H,2-7,10-11,13-15H2,1H3,(H,23,26)(H2,22,24,25). The summed E-state index contributed by atoms with van der Waals surface area (Å²) in [6.07, 6.45) is 6.92. The Morgan fingerprint density at radius 2 is 1.86 bits per heavy atom. The van der Waals surface area contributed by atoms with Gasteiger partial charge in [-0.1, -0.05) is 25.3 Å². The molecule has 0 atom stereocenters. The highest BCUT2D eigenvalue weighted by atomic mass is 16.7. The van der Waals surface area contributed by atoms with Crippen LogP contribution in [-0.4, -0.2) is 38.3 Å². The minimum Gasteiger partial charge on any atom is -0.454 e. The first-order valence-electron chi connectivity index (χ1n) is 10.4. The maximum absolute atomic E-state index is 12.1. The molecule has 28 heavy (non-hydrogen) atoms. The van der Waals surface area contributed by atoms with Crippen molar-refractivity contribution in [1.82, 2.24) is 16.0 Å². The van der Waals surface area contributed by atoms with Gasteiger partial charge in [0.2, 0.25) is 12.7 Å². The van der Waals surface area contributed by atoms with E-state index in [9.17, 15) is 4.79 Å². The molecular weight excluding hydrogens is 356 g/mol. The lowest BCUT2D eigenvalue weighted by atomic mass is 9.87. The minimum absolute atomic E-state index is 0.163. The predicted molar refractivity (Wildman–Crippen MR) is 110 cm³/mol. The Morgan fingerprint density at radius 1 is 1.07 bits per heavy atom. The van der Waals surface area contributed by atoms with Crippen molar-refractivity contribution in [3.63, 3.8) is 0 Å². The van der Waals surface area contributed by atoms with Crippen molar-refractivity contribution in [3.05, 3.63) is 23.8 Å². The quantitative estimate of drug-likeness (QED) is 0.362. The molecule has 2 aliphatic rings. The first-order valence-corrected chi connectivity index (χ1v) is 10.4. The first kappa shape index (κ1) is 20.3. The fourth-order valence-electron chi connectivity index (χ4n) is 3.66. The van der Waals surface area contributed by atoms with Gasteiger partial charge >= 0.3 is 0 Å². The Kier molecular flexibility index (Phi) is 7.82. The molecule has 1 saturated carbocycles. The van der Waals surface area contributed by atoms with Crippen LogP contribution in [0.5, 0.6) is 11.5 Å². The number of aliphatic imine (C=N–C) groups is 1. The number of amides is 1. The van der Waals surface area contributed by atoms with Crippen molar-refractivity contribution in [2.24, 2.45) is 10.9 Å². The zero-order valence-electron chi connectivity index (χ0n) is 16.8. The van der Waals surface area contributed by atoms with E-state index in [4.69, 9.17) is 9.47 Å². The Balaban J connectivity index is 1.39. The van der Waals surface area contributed by atoms with E-state index in [-0.39, 0.29) is 12.7 Å². The van der Waals surface area contributed by atoms with E-state index in [1.165, 1.54) is 32.1 Å². The van der Waals surface area contributed by atoms with Gasteiger partial charge in [-0.2, -0.15) is 0 Å². The molecule has 154 valence electrons. The number of guanidine groups is 1. The third-order valence-electron chi connectivity index (χ3n) is 5.14. The predicted octanol–water partition coefficient (Wildman–Crippen LogP) is 2.56. The van der Waals surface area contributed by atoms with Crippen LogP contribution in [-0.2, 0) is 11.3 Å². The topological polar surface area (TPSA) is 84.0 Å². The number of fused-ring (bicyclic) bond motifs is 1. The zero-order valence-corrected chi connectivity index (χ0v) is 16.8. The van der Waals surface area contributed by atoms with Gasteiger partial charge in [0.1, 0.15) is 0 Å². The molecule has 7 heteroatoms. The van der Waals surface area contributed by atoms with Crippen molar-refractivity contribution in [1.29, 1.82) is 0 Å². The van der Waals surface area contributed by atoms with Crippen LogP contribution in [0.1, 0.15) is 51.0 Å². The van der Waals surface area contributed by atoms with E-state index in [2.05, 4.69) is 20.9 Å².